The van der Waals surface area contributed by atoms with E-state index in [1.54, 1.807) is 0 Å². The lowest BCUT2D eigenvalue weighted by atomic mass is 9.65. The van der Waals surface area contributed by atoms with E-state index < -0.39 is 11.0 Å². The summed E-state index contributed by atoms with van der Waals surface area (Å²) >= 11 is 0. The van der Waals surface area contributed by atoms with E-state index >= 15 is 0 Å². The molecule has 0 amide bonds. The van der Waals surface area contributed by atoms with Gasteiger partial charge >= 0.3 is 5.97 Å². The van der Waals surface area contributed by atoms with Crippen LogP contribution >= 0.6 is 0 Å². The van der Waals surface area contributed by atoms with Crippen molar-refractivity contribution in [3.8, 4) is 0 Å². The summed E-state index contributed by atoms with van der Waals surface area (Å²) in [6.07, 6.45) is 0.999. The fraction of sp³-hybridized carbons (Fsp3) is 0.900. The van der Waals surface area contributed by atoms with Crippen LogP contribution in [0.25, 0.3) is 0 Å². The third-order valence-electron chi connectivity index (χ3n) is 3.49. The molecule has 2 aliphatic heterocycles. The molecule has 0 aromatic carbocycles. The SMILES string of the molecule is COC(=O)C1(C2(O)COC2)CCOCC1. The van der Waals surface area contributed by atoms with Crippen LogP contribution in [0, 0.1) is 5.41 Å². The van der Waals surface area contributed by atoms with Gasteiger partial charge in [-0.25, -0.2) is 0 Å². The fourth-order valence-corrected chi connectivity index (χ4v) is 2.35. The van der Waals surface area contributed by atoms with Crippen LogP contribution in [0.3, 0.4) is 0 Å². The van der Waals surface area contributed by atoms with Crippen molar-refractivity contribution in [3.05, 3.63) is 0 Å². The molecule has 2 rings (SSSR count). The minimum Gasteiger partial charge on any atom is -0.469 e. The van der Waals surface area contributed by atoms with Gasteiger partial charge in [0.1, 0.15) is 11.0 Å². The smallest absolute Gasteiger partial charge is 0.315 e. The molecule has 0 aliphatic carbocycles. The molecule has 0 aromatic rings. The Kier molecular flexibility index (Phi) is 2.70. The van der Waals surface area contributed by atoms with E-state index in [2.05, 4.69) is 0 Å². The van der Waals surface area contributed by atoms with Gasteiger partial charge in [0.15, 0.2) is 0 Å². The molecule has 0 unspecified atom stereocenters. The second-order valence-corrected chi connectivity index (χ2v) is 4.21. The van der Waals surface area contributed by atoms with Crippen LogP contribution in [0.15, 0.2) is 0 Å². The standard InChI is InChI=1S/C10H16O5/c1-13-8(11)9(2-4-14-5-3-9)10(12)6-15-7-10/h12H,2-7H2,1H3. The normalized spacial score (nSPS) is 27.9. The zero-order chi connectivity index (χ0) is 10.9. The number of hydrogen-bond donors (Lipinski definition) is 1. The Bertz CT molecular complexity index is 253. The van der Waals surface area contributed by atoms with Crippen molar-refractivity contribution in [3.63, 3.8) is 0 Å². The molecule has 0 atom stereocenters. The monoisotopic (exact) mass is 216 g/mol. The van der Waals surface area contributed by atoms with Gasteiger partial charge in [-0.15, -0.1) is 0 Å². The lowest BCUT2D eigenvalue weighted by Gasteiger charge is -2.51. The Labute approximate surface area is 88.3 Å². The van der Waals surface area contributed by atoms with Gasteiger partial charge in [0.05, 0.1) is 20.3 Å². The topological polar surface area (TPSA) is 65.0 Å². The zero-order valence-electron chi connectivity index (χ0n) is 8.82. The van der Waals surface area contributed by atoms with E-state index in [4.69, 9.17) is 14.2 Å². The number of carbonyl (C=O) groups excluding carboxylic acids is 1. The van der Waals surface area contributed by atoms with Gasteiger partial charge in [-0.2, -0.15) is 0 Å². The van der Waals surface area contributed by atoms with Crippen molar-refractivity contribution in [2.24, 2.45) is 5.41 Å². The highest BCUT2D eigenvalue weighted by Crippen LogP contribution is 2.45. The second kappa shape index (κ2) is 3.73. The van der Waals surface area contributed by atoms with E-state index in [1.165, 1.54) is 7.11 Å². The van der Waals surface area contributed by atoms with Gasteiger partial charge in [0.25, 0.3) is 0 Å². The second-order valence-electron chi connectivity index (χ2n) is 4.21. The van der Waals surface area contributed by atoms with Gasteiger partial charge < -0.3 is 19.3 Å². The van der Waals surface area contributed by atoms with Crippen molar-refractivity contribution < 1.29 is 24.1 Å². The molecule has 2 heterocycles. The van der Waals surface area contributed by atoms with Crippen LogP contribution in [0.2, 0.25) is 0 Å². The molecule has 15 heavy (non-hydrogen) atoms. The molecule has 5 heteroatoms. The number of hydrogen-bond acceptors (Lipinski definition) is 5. The maximum atomic E-state index is 11.8. The number of carbonyl (C=O) groups is 1. The fourth-order valence-electron chi connectivity index (χ4n) is 2.35. The molecule has 86 valence electrons. The summed E-state index contributed by atoms with van der Waals surface area (Å²) in [6, 6.07) is 0. The molecular formula is C10H16O5. The summed E-state index contributed by atoms with van der Waals surface area (Å²) in [5.41, 5.74) is -1.90. The van der Waals surface area contributed by atoms with E-state index in [0.717, 1.165) is 0 Å². The first-order valence-corrected chi connectivity index (χ1v) is 5.11. The van der Waals surface area contributed by atoms with Crippen LogP contribution in [0.5, 0.6) is 0 Å². The first-order chi connectivity index (χ1) is 7.15. The third-order valence-corrected chi connectivity index (χ3v) is 3.49. The van der Waals surface area contributed by atoms with Gasteiger partial charge in [-0.3, -0.25) is 4.79 Å². The summed E-state index contributed by atoms with van der Waals surface area (Å²) in [5.74, 6) is -0.350. The van der Waals surface area contributed by atoms with Crippen molar-refractivity contribution in [1.82, 2.24) is 0 Å². The average molecular weight is 216 g/mol. The highest BCUT2D eigenvalue weighted by atomic mass is 16.6. The Morgan fingerprint density at radius 1 is 1.27 bits per heavy atom. The molecule has 2 fully saturated rings. The maximum absolute atomic E-state index is 11.8. The predicted molar refractivity (Wildman–Crippen MR) is 50.3 cm³/mol. The number of rotatable bonds is 2. The van der Waals surface area contributed by atoms with Gasteiger partial charge in [0, 0.05) is 13.2 Å². The number of esters is 1. The maximum Gasteiger partial charge on any atom is 0.315 e. The molecule has 2 saturated heterocycles. The largest absolute Gasteiger partial charge is 0.469 e. The first-order valence-electron chi connectivity index (χ1n) is 5.11. The molecule has 0 aromatic heterocycles. The van der Waals surface area contributed by atoms with Crippen molar-refractivity contribution in [2.45, 2.75) is 18.4 Å². The minimum absolute atomic E-state index is 0.210. The molecule has 0 spiro atoms. The summed E-state index contributed by atoms with van der Waals surface area (Å²) in [4.78, 5) is 11.8. The van der Waals surface area contributed by atoms with Crippen LogP contribution in [-0.2, 0) is 19.0 Å². The van der Waals surface area contributed by atoms with Gasteiger partial charge in [-0.1, -0.05) is 0 Å². The summed E-state index contributed by atoms with van der Waals surface area (Å²) < 4.78 is 15.0. The van der Waals surface area contributed by atoms with Crippen molar-refractivity contribution in [1.29, 1.82) is 0 Å². The highest BCUT2D eigenvalue weighted by molar-refractivity contribution is 5.78. The van der Waals surface area contributed by atoms with Gasteiger partial charge in [-0.05, 0) is 12.8 Å². The third kappa shape index (κ3) is 1.46. The van der Waals surface area contributed by atoms with Crippen molar-refractivity contribution >= 4 is 5.97 Å². The molecule has 1 N–H and O–H groups in total. The highest BCUT2D eigenvalue weighted by Gasteiger charge is 2.60. The van der Waals surface area contributed by atoms with E-state index in [9.17, 15) is 9.90 Å². The van der Waals surface area contributed by atoms with Crippen molar-refractivity contribution in [2.75, 3.05) is 33.5 Å². The molecule has 2 aliphatic rings. The minimum atomic E-state index is -1.07. The predicted octanol–water partition coefficient (Wildman–Crippen LogP) is -0.283. The lowest BCUT2D eigenvalue weighted by Crippen LogP contribution is -2.66. The van der Waals surface area contributed by atoms with E-state index in [-0.39, 0.29) is 19.2 Å². The quantitative estimate of drug-likeness (QED) is 0.643. The summed E-state index contributed by atoms with van der Waals surface area (Å²) in [6.45, 7) is 1.39. The average Bonchev–Trinajstić information content (AvgIpc) is 2.25. The Balaban J connectivity index is 2.25. The summed E-state index contributed by atoms with van der Waals surface area (Å²) in [7, 11) is 1.35. The zero-order valence-corrected chi connectivity index (χ0v) is 8.82. The Hall–Kier alpha value is -0.650. The van der Waals surface area contributed by atoms with Crippen LogP contribution in [0.1, 0.15) is 12.8 Å². The van der Waals surface area contributed by atoms with E-state index in [0.29, 0.717) is 26.1 Å². The molecule has 0 bridgehead atoms. The Morgan fingerprint density at radius 2 is 1.87 bits per heavy atom. The first kappa shape index (κ1) is 10.9. The van der Waals surface area contributed by atoms with E-state index in [1.807, 2.05) is 0 Å². The molecule has 0 radical (unpaired) electrons. The summed E-state index contributed by atoms with van der Waals surface area (Å²) in [5, 5.41) is 10.3. The van der Waals surface area contributed by atoms with Gasteiger partial charge in [0.2, 0.25) is 0 Å². The Morgan fingerprint density at radius 3 is 2.27 bits per heavy atom. The van der Waals surface area contributed by atoms with Crippen LogP contribution < -0.4 is 0 Å². The number of methoxy groups -OCH3 is 1. The molecular weight excluding hydrogens is 200 g/mol. The number of aliphatic hydroxyl groups is 1. The van der Waals surface area contributed by atoms with Crippen LogP contribution in [-0.4, -0.2) is 50.2 Å². The number of ether oxygens (including phenoxy) is 3. The molecule has 5 nitrogen and oxygen atoms in total. The lowest BCUT2D eigenvalue weighted by molar-refractivity contribution is -0.259. The molecule has 0 saturated carbocycles. The van der Waals surface area contributed by atoms with Crippen LogP contribution in [0.4, 0.5) is 0 Å².